The van der Waals surface area contributed by atoms with E-state index in [0.717, 1.165) is 47.2 Å². The van der Waals surface area contributed by atoms with Gasteiger partial charge < -0.3 is 14.5 Å². The summed E-state index contributed by atoms with van der Waals surface area (Å²) in [5.74, 6) is -1.79. The van der Waals surface area contributed by atoms with Crippen LogP contribution in [0.1, 0.15) is 42.4 Å². The van der Waals surface area contributed by atoms with E-state index in [4.69, 9.17) is 39.5 Å². The molecule has 1 saturated carbocycles. The lowest BCUT2D eigenvalue weighted by Crippen LogP contribution is -2.62. The van der Waals surface area contributed by atoms with Crippen LogP contribution >= 0.6 is 34.8 Å². The van der Waals surface area contributed by atoms with Crippen LogP contribution in [0.25, 0.3) is 5.57 Å². The van der Waals surface area contributed by atoms with Gasteiger partial charge in [-0.3, -0.25) is 14.9 Å². The molecule has 2 atom stereocenters. The van der Waals surface area contributed by atoms with Crippen LogP contribution < -0.4 is 10.1 Å². The van der Waals surface area contributed by atoms with E-state index in [0.29, 0.717) is 48.0 Å². The van der Waals surface area contributed by atoms with Crippen molar-refractivity contribution < 1.29 is 23.1 Å². The van der Waals surface area contributed by atoms with Crippen molar-refractivity contribution in [2.75, 3.05) is 20.2 Å². The van der Waals surface area contributed by atoms with Gasteiger partial charge in [0.2, 0.25) is 5.91 Å². The van der Waals surface area contributed by atoms with Crippen molar-refractivity contribution in [3.63, 3.8) is 0 Å². The maximum absolute atomic E-state index is 14.5. The predicted molar refractivity (Wildman–Crippen MR) is 172 cm³/mol. The summed E-state index contributed by atoms with van der Waals surface area (Å²) in [5, 5.41) is 3.94. The second kappa shape index (κ2) is 13.3. The summed E-state index contributed by atoms with van der Waals surface area (Å²) in [6.45, 7) is 0.893. The summed E-state index contributed by atoms with van der Waals surface area (Å²) in [6.07, 6.45) is 3.41. The maximum Gasteiger partial charge on any atom is 0.252 e. The lowest BCUT2D eigenvalue weighted by atomic mass is 9.82. The molecule has 2 amide bonds. The molecule has 2 aliphatic heterocycles. The molecule has 6 nitrogen and oxygen atoms in total. The summed E-state index contributed by atoms with van der Waals surface area (Å²) < 4.78 is 33.1. The third-order valence-corrected chi connectivity index (χ3v) is 9.84. The number of likely N-dealkylation sites (N-methyl/N-ethyl adjacent to an activating group) is 1. The van der Waals surface area contributed by atoms with E-state index >= 15 is 0 Å². The molecule has 11 heteroatoms. The van der Waals surface area contributed by atoms with Crippen LogP contribution in [0, 0.1) is 11.6 Å². The van der Waals surface area contributed by atoms with Crippen molar-refractivity contribution in [2.24, 2.45) is 0 Å². The lowest BCUT2D eigenvalue weighted by Gasteiger charge is -2.43. The third-order valence-electron chi connectivity index (χ3n) is 8.63. The Kier molecular flexibility index (Phi) is 9.39. The minimum absolute atomic E-state index is 0.00599. The number of halogens is 5. The number of rotatable bonds is 10. The van der Waals surface area contributed by atoms with Gasteiger partial charge in [-0.25, -0.2) is 8.78 Å². The zero-order valence-electron chi connectivity index (χ0n) is 24.6. The number of nitrogens with zero attached hydrogens (tertiary/aromatic N) is 2. The van der Waals surface area contributed by atoms with Crippen molar-refractivity contribution in [1.82, 2.24) is 15.1 Å². The third kappa shape index (κ3) is 6.70. The first-order valence-corrected chi connectivity index (χ1v) is 16.1. The lowest BCUT2D eigenvalue weighted by molar-refractivity contribution is -0.136. The smallest absolute Gasteiger partial charge is 0.252 e. The molecule has 0 aromatic heterocycles. The molecular formula is C34H32Cl3F2N3O3. The molecule has 1 N–H and O–H groups in total. The predicted octanol–water partition coefficient (Wildman–Crippen LogP) is 7.08. The fourth-order valence-corrected chi connectivity index (χ4v) is 6.71. The number of piperazine rings is 1. The van der Waals surface area contributed by atoms with Crippen molar-refractivity contribution in [2.45, 2.75) is 56.8 Å². The van der Waals surface area contributed by atoms with Crippen LogP contribution in [-0.4, -0.2) is 59.9 Å². The zero-order valence-corrected chi connectivity index (χ0v) is 26.9. The van der Waals surface area contributed by atoms with E-state index in [1.807, 2.05) is 41.3 Å². The van der Waals surface area contributed by atoms with Gasteiger partial charge in [-0.15, -0.1) is 0 Å². The highest BCUT2D eigenvalue weighted by Gasteiger charge is 2.44. The SMILES string of the molecule is CN1C[C@H]2N[C@H](CC(c3ccc(CCCOc4c(F)ccc(F)c4Cl)cc3)=C2C(=O)N(Cc2cccc(Cl)c2Cl)C2CC2)C1=O. The molecule has 236 valence electrons. The van der Waals surface area contributed by atoms with Gasteiger partial charge in [0.05, 0.1) is 28.7 Å². The number of amides is 2. The van der Waals surface area contributed by atoms with Gasteiger partial charge in [0.15, 0.2) is 11.6 Å². The van der Waals surface area contributed by atoms with Crippen LogP contribution in [0.4, 0.5) is 8.78 Å². The summed E-state index contributed by atoms with van der Waals surface area (Å²) >= 11 is 18.7. The number of carbonyl (C=O) groups is 2. The normalized spacial score (nSPS) is 19.6. The molecule has 3 aliphatic rings. The number of nitrogens with one attached hydrogen (secondary N) is 1. The minimum atomic E-state index is -0.736. The molecular weight excluding hydrogens is 643 g/mol. The van der Waals surface area contributed by atoms with Gasteiger partial charge in [0.1, 0.15) is 10.8 Å². The molecule has 1 aliphatic carbocycles. The number of benzene rings is 3. The van der Waals surface area contributed by atoms with Crippen LogP contribution in [0.15, 0.2) is 60.2 Å². The molecule has 0 radical (unpaired) electrons. The summed E-state index contributed by atoms with van der Waals surface area (Å²) in [7, 11) is 1.77. The second-order valence-electron chi connectivity index (χ2n) is 11.8. The average molecular weight is 675 g/mol. The molecule has 45 heavy (non-hydrogen) atoms. The Morgan fingerprint density at radius 3 is 2.47 bits per heavy atom. The Labute approximate surface area is 275 Å². The molecule has 2 fully saturated rings. The Balaban J connectivity index is 1.23. The molecule has 2 heterocycles. The average Bonchev–Trinajstić information content (AvgIpc) is 3.87. The largest absolute Gasteiger partial charge is 0.489 e. The monoisotopic (exact) mass is 673 g/mol. The van der Waals surface area contributed by atoms with Gasteiger partial charge in [0, 0.05) is 31.8 Å². The number of hydrogen-bond acceptors (Lipinski definition) is 4. The first-order valence-electron chi connectivity index (χ1n) is 15.0. The molecule has 6 rings (SSSR count). The van der Waals surface area contributed by atoms with E-state index < -0.39 is 17.7 Å². The minimum Gasteiger partial charge on any atom is -0.489 e. The van der Waals surface area contributed by atoms with E-state index in [1.165, 1.54) is 0 Å². The second-order valence-corrected chi connectivity index (χ2v) is 12.9. The molecule has 3 aromatic rings. The molecule has 3 aromatic carbocycles. The highest BCUT2D eigenvalue weighted by atomic mass is 35.5. The number of fused-ring (bicyclic) bond motifs is 2. The Hall–Kier alpha value is -3.17. The van der Waals surface area contributed by atoms with Crippen LogP contribution in [0.2, 0.25) is 15.1 Å². The number of carbonyl (C=O) groups excluding carboxylic acids is 2. The van der Waals surface area contributed by atoms with E-state index in [-0.39, 0.29) is 41.3 Å². The molecule has 2 bridgehead atoms. The van der Waals surface area contributed by atoms with Crippen LogP contribution in [0.5, 0.6) is 5.75 Å². The number of aryl methyl sites for hydroxylation is 1. The van der Waals surface area contributed by atoms with E-state index in [1.54, 1.807) is 18.0 Å². The Bertz CT molecular complexity index is 1660. The van der Waals surface area contributed by atoms with Gasteiger partial charge >= 0.3 is 0 Å². The first-order chi connectivity index (χ1) is 21.6. The van der Waals surface area contributed by atoms with Crippen LogP contribution in [-0.2, 0) is 22.6 Å². The Morgan fingerprint density at radius 1 is 1.00 bits per heavy atom. The highest BCUT2D eigenvalue weighted by Crippen LogP contribution is 2.38. The standard InChI is InChI=1S/C34H32Cl3F2N3O3/c1-41-18-28-29(34(44)42(22-11-12-22)17-21-5-2-6-24(35)30(21)36)23(16-27(40-28)33(41)43)20-9-7-19(8-10-20)4-3-15-45-32-26(39)14-13-25(38)31(32)37/h2,5-10,13-14,22,27-28,40H,3-4,11-12,15-18H2,1H3/t27-,28-/m1/s1. The zero-order chi connectivity index (χ0) is 31.8. The van der Waals surface area contributed by atoms with Gasteiger partial charge in [0.25, 0.3) is 5.91 Å². The maximum atomic E-state index is 14.5. The molecule has 0 unspecified atom stereocenters. The van der Waals surface area contributed by atoms with Gasteiger partial charge in [-0.2, -0.15) is 0 Å². The quantitative estimate of drug-likeness (QED) is 0.185. The molecule has 1 saturated heterocycles. The fraction of sp³-hybridized carbons (Fsp3) is 0.353. The first kappa shape index (κ1) is 31.8. The Morgan fingerprint density at radius 2 is 1.73 bits per heavy atom. The van der Waals surface area contributed by atoms with E-state index in [2.05, 4.69) is 5.32 Å². The highest BCUT2D eigenvalue weighted by molar-refractivity contribution is 6.42. The van der Waals surface area contributed by atoms with Crippen molar-refractivity contribution in [3.8, 4) is 5.75 Å². The van der Waals surface area contributed by atoms with Crippen LogP contribution in [0.3, 0.4) is 0 Å². The van der Waals surface area contributed by atoms with Crippen molar-refractivity contribution in [1.29, 1.82) is 0 Å². The number of hydrogen-bond donors (Lipinski definition) is 1. The van der Waals surface area contributed by atoms with E-state index in [9.17, 15) is 18.4 Å². The van der Waals surface area contributed by atoms with Gasteiger partial charge in [-0.05, 0) is 72.6 Å². The summed E-state index contributed by atoms with van der Waals surface area (Å²) in [4.78, 5) is 31.0. The van der Waals surface area contributed by atoms with Crippen molar-refractivity contribution in [3.05, 3.63) is 104 Å². The molecule has 0 spiro atoms. The topological polar surface area (TPSA) is 61.9 Å². The van der Waals surface area contributed by atoms with Crippen molar-refractivity contribution >= 4 is 52.2 Å². The number of ether oxygens (including phenoxy) is 1. The summed E-state index contributed by atoms with van der Waals surface area (Å²) in [5.41, 5.74) is 4.23. The van der Waals surface area contributed by atoms with Gasteiger partial charge in [-0.1, -0.05) is 71.2 Å². The fourth-order valence-electron chi connectivity index (χ4n) is 6.12. The summed E-state index contributed by atoms with van der Waals surface area (Å²) in [6, 6.07) is 14.7.